The van der Waals surface area contributed by atoms with Gasteiger partial charge in [-0.2, -0.15) is 0 Å². The summed E-state index contributed by atoms with van der Waals surface area (Å²) in [4.78, 5) is 24.9. The van der Waals surface area contributed by atoms with Crippen molar-refractivity contribution >= 4 is 11.9 Å². The summed E-state index contributed by atoms with van der Waals surface area (Å²) in [5, 5.41) is 11.7. The number of nitrogens with one attached hydrogen (secondary N) is 1. The highest BCUT2D eigenvalue weighted by Crippen LogP contribution is 2.08. The number of carboxylic acids is 1. The highest BCUT2D eigenvalue weighted by Gasteiger charge is 2.14. The van der Waals surface area contributed by atoms with E-state index in [2.05, 4.69) is 10.2 Å². The summed E-state index contributed by atoms with van der Waals surface area (Å²) in [6.07, 6.45) is 0. The summed E-state index contributed by atoms with van der Waals surface area (Å²) in [6, 6.07) is 6.20. The minimum Gasteiger partial charge on any atom is -0.478 e. The molecule has 1 amide bonds. The molecule has 0 atom stereocenters. The second-order valence-electron chi connectivity index (χ2n) is 4.00. The summed E-state index contributed by atoms with van der Waals surface area (Å²) in [5.41, 5.74) is 0.225. The number of carboxylic acid groups (broad SMARTS) is 1. The van der Waals surface area contributed by atoms with E-state index < -0.39 is 5.97 Å². The first-order chi connectivity index (χ1) is 8.56. The molecule has 0 unspecified atom stereocenters. The Balaban J connectivity index is 2.64. The third kappa shape index (κ3) is 3.85. The molecule has 1 rings (SSSR count). The third-order valence-electron chi connectivity index (χ3n) is 2.72. The third-order valence-corrected chi connectivity index (χ3v) is 2.72. The van der Waals surface area contributed by atoms with E-state index in [4.69, 9.17) is 5.11 Å². The van der Waals surface area contributed by atoms with Gasteiger partial charge in [-0.1, -0.05) is 19.1 Å². The maximum absolute atomic E-state index is 11.8. The number of likely N-dealkylation sites (N-methyl/N-ethyl adjacent to an activating group) is 1. The van der Waals surface area contributed by atoms with E-state index in [0.29, 0.717) is 6.54 Å². The van der Waals surface area contributed by atoms with Crippen molar-refractivity contribution in [2.75, 3.05) is 26.7 Å². The lowest BCUT2D eigenvalue weighted by Crippen LogP contribution is -2.33. The maximum atomic E-state index is 11.8. The number of benzene rings is 1. The van der Waals surface area contributed by atoms with Crippen LogP contribution < -0.4 is 5.32 Å². The molecule has 0 saturated heterocycles. The Kier molecular flexibility index (Phi) is 5.32. The van der Waals surface area contributed by atoms with Gasteiger partial charge in [-0.15, -0.1) is 0 Å². The van der Waals surface area contributed by atoms with Crippen molar-refractivity contribution in [2.45, 2.75) is 6.92 Å². The van der Waals surface area contributed by atoms with Gasteiger partial charge in [-0.3, -0.25) is 4.79 Å². The molecule has 0 aliphatic heterocycles. The smallest absolute Gasteiger partial charge is 0.336 e. The number of carbonyl (C=O) groups excluding carboxylic acids is 1. The molecule has 0 heterocycles. The van der Waals surface area contributed by atoms with Crippen LogP contribution in [-0.4, -0.2) is 48.6 Å². The van der Waals surface area contributed by atoms with Crippen molar-refractivity contribution in [3.8, 4) is 0 Å². The lowest BCUT2D eigenvalue weighted by molar-refractivity contribution is 0.0691. The van der Waals surface area contributed by atoms with Gasteiger partial charge in [0.1, 0.15) is 0 Å². The molecule has 0 aromatic heterocycles. The molecule has 98 valence electrons. The first kappa shape index (κ1) is 14.2. The summed E-state index contributed by atoms with van der Waals surface area (Å²) >= 11 is 0. The van der Waals surface area contributed by atoms with Gasteiger partial charge in [0.25, 0.3) is 5.91 Å². The van der Waals surface area contributed by atoms with Crippen LogP contribution >= 0.6 is 0 Å². The van der Waals surface area contributed by atoms with Crippen molar-refractivity contribution in [1.29, 1.82) is 0 Å². The van der Waals surface area contributed by atoms with E-state index in [0.717, 1.165) is 13.1 Å². The molecule has 0 saturated carbocycles. The van der Waals surface area contributed by atoms with Crippen molar-refractivity contribution < 1.29 is 14.7 Å². The first-order valence-electron chi connectivity index (χ1n) is 5.85. The van der Waals surface area contributed by atoms with Gasteiger partial charge >= 0.3 is 5.97 Å². The van der Waals surface area contributed by atoms with Crippen LogP contribution in [0.25, 0.3) is 0 Å². The van der Waals surface area contributed by atoms with Crippen molar-refractivity contribution in [2.24, 2.45) is 0 Å². The maximum Gasteiger partial charge on any atom is 0.336 e. The van der Waals surface area contributed by atoms with Crippen LogP contribution in [0.3, 0.4) is 0 Å². The fraction of sp³-hybridized carbons (Fsp3) is 0.385. The molecule has 1 aromatic carbocycles. The van der Waals surface area contributed by atoms with Crippen LogP contribution in [0.2, 0.25) is 0 Å². The number of rotatable bonds is 6. The topological polar surface area (TPSA) is 69.6 Å². The van der Waals surface area contributed by atoms with Crippen molar-refractivity contribution in [3.63, 3.8) is 0 Å². The summed E-state index contributed by atoms with van der Waals surface area (Å²) in [7, 11) is 1.96. The van der Waals surface area contributed by atoms with Crippen LogP contribution in [0.4, 0.5) is 0 Å². The number of aromatic carboxylic acids is 1. The number of hydrogen-bond donors (Lipinski definition) is 2. The molecule has 0 spiro atoms. The minimum atomic E-state index is -1.09. The largest absolute Gasteiger partial charge is 0.478 e. The molecule has 0 aliphatic carbocycles. The normalized spacial score (nSPS) is 10.4. The monoisotopic (exact) mass is 250 g/mol. The van der Waals surface area contributed by atoms with Gasteiger partial charge in [-0.05, 0) is 25.7 Å². The SMILES string of the molecule is CCN(C)CCNC(=O)c1ccccc1C(=O)O. The lowest BCUT2D eigenvalue weighted by atomic mass is 10.1. The average molecular weight is 250 g/mol. The minimum absolute atomic E-state index is 0.0267. The van der Waals surface area contributed by atoms with E-state index in [1.807, 2.05) is 14.0 Å². The van der Waals surface area contributed by atoms with Gasteiger partial charge in [-0.25, -0.2) is 4.79 Å². The van der Waals surface area contributed by atoms with E-state index >= 15 is 0 Å². The molecule has 5 nitrogen and oxygen atoms in total. The second-order valence-corrected chi connectivity index (χ2v) is 4.00. The quantitative estimate of drug-likeness (QED) is 0.792. The molecule has 2 N–H and O–H groups in total. The number of hydrogen-bond acceptors (Lipinski definition) is 3. The highest BCUT2D eigenvalue weighted by atomic mass is 16.4. The van der Waals surface area contributed by atoms with E-state index in [-0.39, 0.29) is 17.0 Å². The van der Waals surface area contributed by atoms with Crippen LogP contribution in [0, 0.1) is 0 Å². The Labute approximate surface area is 106 Å². The second kappa shape index (κ2) is 6.76. The molecule has 0 aliphatic rings. The van der Waals surface area contributed by atoms with Gasteiger partial charge in [0.15, 0.2) is 0 Å². The number of carbonyl (C=O) groups is 2. The molecular formula is C13H18N2O3. The van der Waals surface area contributed by atoms with Crippen LogP contribution in [0.5, 0.6) is 0 Å². The van der Waals surface area contributed by atoms with E-state index in [1.54, 1.807) is 12.1 Å². The van der Waals surface area contributed by atoms with Crippen molar-refractivity contribution in [1.82, 2.24) is 10.2 Å². The molecule has 0 bridgehead atoms. The Morgan fingerprint density at radius 3 is 2.44 bits per heavy atom. The highest BCUT2D eigenvalue weighted by molar-refractivity contribution is 6.04. The number of nitrogens with zero attached hydrogens (tertiary/aromatic N) is 1. The summed E-state index contributed by atoms with van der Waals surface area (Å²) in [5.74, 6) is -1.44. The van der Waals surface area contributed by atoms with Gasteiger partial charge in [0, 0.05) is 13.1 Å². The zero-order valence-corrected chi connectivity index (χ0v) is 10.6. The zero-order chi connectivity index (χ0) is 13.5. The fourth-order valence-corrected chi connectivity index (χ4v) is 1.48. The predicted octanol–water partition coefficient (Wildman–Crippen LogP) is 1.07. The van der Waals surface area contributed by atoms with E-state index in [9.17, 15) is 9.59 Å². The molecule has 1 aromatic rings. The summed E-state index contributed by atoms with van der Waals surface area (Å²) < 4.78 is 0. The van der Waals surface area contributed by atoms with E-state index in [1.165, 1.54) is 12.1 Å². The molecule has 0 fully saturated rings. The first-order valence-corrected chi connectivity index (χ1v) is 5.85. The van der Waals surface area contributed by atoms with Crippen LogP contribution in [-0.2, 0) is 0 Å². The molecule has 18 heavy (non-hydrogen) atoms. The molecule has 5 heteroatoms. The van der Waals surface area contributed by atoms with Crippen LogP contribution in [0.1, 0.15) is 27.6 Å². The number of amides is 1. The van der Waals surface area contributed by atoms with Crippen LogP contribution in [0.15, 0.2) is 24.3 Å². The zero-order valence-electron chi connectivity index (χ0n) is 10.6. The lowest BCUT2D eigenvalue weighted by Gasteiger charge is -2.14. The van der Waals surface area contributed by atoms with Gasteiger partial charge < -0.3 is 15.3 Å². The van der Waals surface area contributed by atoms with Gasteiger partial charge in [0.2, 0.25) is 0 Å². The Morgan fingerprint density at radius 1 is 1.28 bits per heavy atom. The standard InChI is InChI=1S/C13H18N2O3/c1-3-15(2)9-8-14-12(16)10-6-4-5-7-11(10)13(17)18/h4-7H,3,8-9H2,1-2H3,(H,14,16)(H,17,18). The molecule has 0 radical (unpaired) electrons. The van der Waals surface area contributed by atoms with Gasteiger partial charge in [0.05, 0.1) is 11.1 Å². The Morgan fingerprint density at radius 2 is 1.89 bits per heavy atom. The Bertz CT molecular complexity index is 432. The predicted molar refractivity (Wildman–Crippen MR) is 68.9 cm³/mol. The molecular weight excluding hydrogens is 232 g/mol. The average Bonchev–Trinajstić information content (AvgIpc) is 2.38. The fourth-order valence-electron chi connectivity index (χ4n) is 1.48. The Hall–Kier alpha value is -1.88. The summed E-state index contributed by atoms with van der Waals surface area (Å²) in [6.45, 7) is 4.16. The van der Waals surface area contributed by atoms with Crippen molar-refractivity contribution in [3.05, 3.63) is 35.4 Å².